The SMILES string of the molecule is CCNC(=NCc1ccc(C)s1)NCC(C)(C)C(N)=O. The first kappa shape index (κ1) is 16.5. The van der Waals surface area contributed by atoms with Gasteiger partial charge in [0.1, 0.15) is 0 Å². The summed E-state index contributed by atoms with van der Waals surface area (Å²) < 4.78 is 0. The number of aryl methyl sites for hydroxylation is 1. The average molecular weight is 296 g/mol. The van der Waals surface area contributed by atoms with Crippen LogP contribution in [0.3, 0.4) is 0 Å². The van der Waals surface area contributed by atoms with Crippen LogP contribution in [0, 0.1) is 12.3 Å². The van der Waals surface area contributed by atoms with E-state index in [1.165, 1.54) is 9.75 Å². The van der Waals surface area contributed by atoms with Crippen molar-refractivity contribution in [2.75, 3.05) is 13.1 Å². The minimum absolute atomic E-state index is 0.324. The van der Waals surface area contributed by atoms with Crippen molar-refractivity contribution in [2.24, 2.45) is 16.1 Å². The van der Waals surface area contributed by atoms with E-state index >= 15 is 0 Å². The Balaban J connectivity index is 2.61. The van der Waals surface area contributed by atoms with Crippen LogP contribution in [0.25, 0.3) is 0 Å². The van der Waals surface area contributed by atoms with E-state index < -0.39 is 5.41 Å². The topological polar surface area (TPSA) is 79.5 Å². The van der Waals surface area contributed by atoms with Gasteiger partial charge in [0.15, 0.2) is 5.96 Å². The lowest BCUT2D eigenvalue weighted by molar-refractivity contribution is -0.125. The van der Waals surface area contributed by atoms with Gasteiger partial charge in [-0.05, 0) is 39.8 Å². The third-order valence-corrected chi connectivity index (χ3v) is 3.88. The molecule has 5 nitrogen and oxygen atoms in total. The lowest BCUT2D eigenvalue weighted by atomic mass is 9.93. The molecule has 0 aromatic carbocycles. The second-order valence-corrected chi connectivity index (χ2v) is 6.68. The number of nitrogens with zero attached hydrogens (tertiary/aromatic N) is 1. The van der Waals surface area contributed by atoms with Gasteiger partial charge in [0.25, 0.3) is 0 Å². The highest BCUT2D eigenvalue weighted by Gasteiger charge is 2.24. The smallest absolute Gasteiger partial charge is 0.224 e. The molecule has 0 unspecified atom stereocenters. The number of thiophene rings is 1. The molecule has 0 aliphatic rings. The number of rotatable bonds is 6. The third kappa shape index (κ3) is 5.21. The van der Waals surface area contributed by atoms with Gasteiger partial charge in [-0.1, -0.05) is 0 Å². The Kier molecular flexibility index (Phi) is 6.01. The number of carbonyl (C=O) groups is 1. The van der Waals surface area contributed by atoms with Crippen LogP contribution < -0.4 is 16.4 Å². The molecule has 0 atom stereocenters. The summed E-state index contributed by atoms with van der Waals surface area (Å²) in [6, 6.07) is 4.17. The number of hydrogen-bond donors (Lipinski definition) is 3. The van der Waals surface area contributed by atoms with E-state index in [2.05, 4.69) is 34.7 Å². The number of hydrogen-bond acceptors (Lipinski definition) is 3. The summed E-state index contributed by atoms with van der Waals surface area (Å²) in [5.41, 5.74) is 4.76. The maximum atomic E-state index is 11.3. The van der Waals surface area contributed by atoms with Crippen molar-refractivity contribution in [2.45, 2.75) is 34.2 Å². The normalized spacial score (nSPS) is 12.3. The summed E-state index contributed by atoms with van der Waals surface area (Å²) in [7, 11) is 0. The summed E-state index contributed by atoms with van der Waals surface area (Å²) in [5.74, 6) is 0.377. The quantitative estimate of drug-likeness (QED) is 0.551. The lowest BCUT2D eigenvalue weighted by Crippen LogP contribution is -2.46. The number of amides is 1. The number of primary amides is 1. The number of nitrogens with one attached hydrogen (secondary N) is 2. The van der Waals surface area contributed by atoms with Gasteiger partial charge in [0.2, 0.25) is 5.91 Å². The predicted octanol–water partition coefficient (Wildman–Crippen LogP) is 1.62. The Labute approximate surface area is 124 Å². The van der Waals surface area contributed by atoms with Gasteiger partial charge in [-0.15, -0.1) is 11.3 Å². The van der Waals surface area contributed by atoms with Crippen molar-refractivity contribution in [3.8, 4) is 0 Å². The molecule has 0 saturated carbocycles. The summed E-state index contributed by atoms with van der Waals surface area (Å²) in [5, 5.41) is 6.32. The lowest BCUT2D eigenvalue weighted by Gasteiger charge is -2.22. The predicted molar refractivity (Wildman–Crippen MR) is 84.8 cm³/mol. The Morgan fingerprint density at radius 2 is 2.10 bits per heavy atom. The highest BCUT2D eigenvalue weighted by molar-refractivity contribution is 7.11. The van der Waals surface area contributed by atoms with Crippen LogP contribution in [0.15, 0.2) is 17.1 Å². The first-order valence-electron chi connectivity index (χ1n) is 6.72. The van der Waals surface area contributed by atoms with E-state index in [1.54, 1.807) is 11.3 Å². The Morgan fingerprint density at radius 1 is 1.40 bits per heavy atom. The van der Waals surface area contributed by atoms with Crippen LogP contribution in [0.1, 0.15) is 30.5 Å². The zero-order valence-corrected chi connectivity index (χ0v) is 13.4. The van der Waals surface area contributed by atoms with Crippen molar-refractivity contribution in [1.82, 2.24) is 10.6 Å². The minimum Gasteiger partial charge on any atom is -0.369 e. The molecule has 0 spiro atoms. The van der Waals surface area contributed by atoms with Crippen molar-refractivity contribution in [3.05, 3.63) is 21.9 Å². The molecule has 4 N–H and O–H groups in total. The fraction of sp³-hybridized carbons (Fsp3) is 0.571. The van der Waals surface area contributed by atoms with Gasteiger partial charge in [0, 0.05) is 22.8 Å². The van der Waals surface area contributed by atoms with E-state index in [0.29, 0.717) is 19.0 Å². The van der Waals surface area contributed by atoms with Crippen molar-refractivity contribution < 1.29 is 4.79 Å². The van der Waals surface area contributed by atoms with Crippen LogP contribution in [0.2, 0.25) is 0 Å². The van der Waals surface area contributed by atoms with Crippen molar-refractivity contribution in [3.63, 3.8) is 0 Å². The van der Waals surface area contributed by atoms with Gasteiger partial charge >= 0.3 is 0 Å². The molecule has 1 heterocycles. The van der Waals surface area contributed by atoms with E-state index in [-0.39, 0.29) is 5.91 Å². The Hall–Kier alpha value is -1.56. The first-order chi connectivity index (χ1) is 9.35. The molecule has 1 rings (SSSR count). The molecule has 1 aromatic heterocycles. The molecule has 1 amide bonds. The summed E-state index contributed by atoms with van der Waals surface area (Å²) in [6.45, 7) is 9.57. The summed E-state index contributed by atoms with van der Waals surface area (Å²) in [4.78, 5) is 18.3. The number of nitrogens with two attached hydrogens (primary N) is 1. The molecular formula is C14H24N4OS. The monoisotopic (exact) mass is 296 g/mol. The maximum absolute atomic E-state index is 11.3. The molecule has 6 heteroatoms. The van der Waals surface area contributed by atoms with Crippen molar-refractivity contribution in [1.29, 1.82) is 0 Å². The maximum Gasteiger partial charge on any atom is 0.224 e. The summed E-state index contributed by atoms with van der Waals surface area (Å²) >= 11 is 1.74. The van der Waals surface area contributed by atoms with Crippen LogP contribution in [-0.4, -0.2) is 25.0 Å². The van der Waals surface area contributed by atoms with Crippen LogP contribution in [-0.2, 0) is 11.3 Å². The fourth-order valence-corrected chi connectivity index (χ4v) is 2.28. The molecule has 0 saturated heterocycles. The highest BCUT2D eigenvalue weighted by atomic mass is 32.1. The number of aliphatic imine (C=N–C) groups is 1. The van der Waals surface area contributed by atoms with Gasteiger partial charge in [0.05, 0.1) is 12.0 Å². The molecule has 20 heavy (non-hydrogen) atoms. The van der Waals surface area contributed by atoms with E-state index in [4.69, 9.17) is 5.73 Å². The molecule has 0 bridgehead atoms. The Bertz CT molecular complexity index is 479. The zero-order chi connectivity index (χ0) is 15.2. The van der Waals surface area contributed by atoms with Crippen LogP contribution in [0.4, 0.5) is 0 Å². The molecule has 0 aliphatic carbocycles. The first-order valence-corrected chi connectivity index (χ1v) is 7.54. The fourth-order valence-electron chi connectivity index (χ4n) is 1.46. The summed E-state index contributed by atoms with van der Waals surface area (Å²) in [6.07, 6.45) is 0. The molecular weight excluding hydrogens is 272 g/mol. The standard InChI is InChI=1S/C14H24N4OS/c1-5-16-13(18-9-14(3,4)12(15)19)17-8-11-7-6-10(2)20-11/h6-7H,5,8-9H2,1-4H3,(H2,15,19)(H2,16,17,18). The second-order valence-electron chi connectivity index (χ2n) is 5.31. The molecule has 0 fully saturated rings. The number of carbonyl (C=O) groups excluding carboxylic acids is 1. The van der Waals surface area contributed by atoms with Crippen molar-refractivity contribution >= 4 is 23.2 Å². The average Bonchev–Trinajstić information content (AvgIpc) is 2.78. The minimum atomic E-state index is -0.601. The molecule has 112 valence electrons. The van der Waals surface area contributed by atoms with Gasteiger partial charge in [-0.2, -0.15) is 0 Å². The second kappa shape index (κ2) is 7.28. The molecule has 1 aromatic rings. The largest absolute Gasteiger partial charge is 0.369 e. The van der Waals surface area contributed by atoms with Crippen LogP contribution in [0.5, 0.6) is 0 Å². The van der Waals surface area contributed by atoms with E-state index in [9.17, 15) is 4.79 Å². The zero-order valence-electron chi connectivity index (χ0n) is 12.6. The Morgan fingerprint density at radius 3 is 2.60 bits per heavy atom. The highest BCUT2D eigenvalue weighted by Crippen LogP contribution is 2.16. The van der Waals surface area contributed by atoms with Gasteiger partial charge in [-0.25, -0.2) is 4.99 Å². The van der Waals surface area contributed by atoms with E-state index in [0.717, 1.165) is 6.54 Å². The van der Waals surface area contributed by atoms with Gasteiger partial charge in [-0.3, -0.25) is 4.79 Å². The molecule has 0 radical (unpaired) electrons. The third-order valence-electron chi connectivity index (χ3n) is 2.90. The number of guanidine groups is 1. The van der Waals surface area contributed by atoms with Crippen LogP contribution >= 0.6 is 11.3 Å². The van der Waals surface area contributed by atoms with Gasteiger partial charge < -0.3 is 16.4 Å². The van der Waals surface area contributed by atoms with E-state index in [1.807, 2.05) is 20.8 Å². The molecule has 0 aliphatic heterocycles.